The summed E-state index contributed by atoms with van der Waals surface area (Å²) in [6, 6.07) is 12.1. The zero-order valence-corrected chi connectivity index (χ0v) is 11.3. The van der Waals surface area contributed by atoms with Crippen LogP contribution in [0, 0.1) is 0 Å². The standard InChI is InChI=1S/C14H10Cl2N2O/c15-8-5-6-12-10(7-8)14(19,13(17)18-12)9-3-1-2-4-11(9)16/h1-7,19H,(H2,17,18)/t14-/m1/s1. The third-order valence-corrected chi connectivity index (χ3v) is 3.79. The fraction of sp³-hybridized carbons (Fsp3) is 0.0714. The second kappa shape index (κ2) is 4.23. The number of aliphatic imine (C=N–C) groups is 1. The smallest absolute Gasteiger partial charge is 0.176 e. The second-order valence-corrected chi connectivity index (χ2v) is 5.19. The molecule has 0 aromatic heterocycles. The highest BCUT2D eigenvalue weighted by Gasteiger charge is 2.43. The highest BCUT2D eigenvalue weighted by Crippen LogP contribution is 2.44. The third kappa shape index (κ3) is 1.74. The quantitative estimate of drug-likeness (QED) is 0.848. The van der Waals surface area contributed by atoms with Crippen LogP contribution in [-0.4, -0.2) is 10.9 Å². The first-order valence-electron chi connectivity index (χ1n) is 5.65. The average molecular weight is 293 g/mol. The van der Waals surface area contributed by atoms with Gasteiger partial charge in [-0.2, -0.15) is 0 Å². The van der Waals surface area contributed by atoms with Crippen molar-refractivity contribution in [2.45, 2.75) is 5.60 Å². The van der Waals surface area contributed by atoms with Crippen LogP contribution in [0.15, 0.2) is 47.5 Å². The highest BCUT2D eigenvalue weighted by molar-refractivity contribution is 6.32. The molecule has 3 N–H and O–H groups in total. The van der Waals surface area contributed by atoms with Gasteiger partial charge in [0.1, 0.15) is 5.84 Å². The zero-order chi connectivity index (χ0) is 13.6. The van der Waals surface area contributed by atoms with E-state index in [9.17, 15) is 5.11 Å². The lowest BCUT2D eigenvalue weighted by molar-refractivity contribution is 0.158. The summed E-state index contributed by atoms with van der Waals surface area (Å²) in [6.07, 6.45) is 0. The minimum atomic E-state index is -1.53. The molecule has 19 heavy (non-hydrogen) atoms. The largest absolute Gasteiger partial charge is 0.384 e. The fourth-order valence-electron chi connectivity index (χ4n) is 2.28. The molecule has 0 unspecified atom stereocenters. The van der Waals surface area contributed by atoms with Crippen LogP contribution >= 0.6 is 23.2 Å². The molecule has 0 fully saturated rings. The summed E-state index contributed by atoms with van der Waals surface area (Å²) in [5.41, 5.74) is 6.03. The molecule has 0 bridgehead atoms. The van der Waals surface area contributed by atoms with Gasteiger partial charge >= 0.3 is 0 Å². The molecule has 96 valence electrons. The summed E-state index contributed by atoms with van der Waals surface area (Å²) in [5.74, 6) is 0.0952. The lowest BCUT2D eigenvalue weighted by Crippen LogP contribution is -2.39. The number of nitrogens with zero attached hydrogens (tertiary/aromatic N) is 1. The van der Waals surface area contributed by atoms with Crippen molar-refractivity contribution in [3.05, 3.63) is 63.6 Å². The van der Waals surface area contributed by atoms with Gasteiger partial charge in [-0.25, -0.2) is 4.99 Å². The first-order chi connectivity index (χ1) is 9.03. The summed E-state index contributed by atoms with van der Waals surface area (Å²) < 4.78 is 0. The number of benzene rings is 2. The van der Waals surface area contributed by atoms with E-state index in [4.69, 9.17) is 28.9 Å². The summed E-state index contributed by atoms with van der Waals surface area (Å²) in [4.78, 5) is 4.19. The Hall–Kier alpha value is -1.55. The lowest BCUT2D eigenvalue weighted by Gasteiger charge is -2.25. The van der Waals surface area contributed by atoms with Crippen LogP contribution in [0.3, 0.4) is 0 Å². The monoisotopic (exact) mass is 292 g/mol. The number of nitrogens with two attached hydrogens (primary N) is 1. The van der Waals surface area contributed by atoms with Crippen LogP contribution < -0.4 is 5.73 Å². The van der Waals surface area contributed by atoms with Gasteiger partial charge in [-0.1, -0.05) is 41.4 Å². The van der Waals surface area contributed by atoms with Crippen LogP contribution in [0.5, 0.6) is 0 Å². The van der Waals surface area contributed by atoms with Gasteiger partial charge in [0.25, 0.3) is 0 Å². The minimum Gasteiger partial charge on any atom is -0.384 e. The molecule has 2 aromatic carbocycles. The Kier molecular flexibility index (Phi) is 2.78. The van der Waals surface area contributed by atoms with Gasteiger partial charge < -0.3 is 10.8 Å². The fourth-order valence-corrected chi connectivity index (χ4v) is 2.73. The van der Waals surface area contributed by atoms with Crippen molar-refractivity contribution in [1.29, 1.82) is 0 Å². The predicted octanol–water partition coefficient (Wildman–Crippen LogP) is 3.23. The molecule has 0 spiro atoms. The number of amidine groups is 1. The van der Waals surface area contributed by atoms with E-state index >= 15 is 0 Å². The van der Waals surface area contributed by atoms with Crippen LogP contribution in [-0.2, 0) is 5.60 Å². The molecule has 5 heteroatoms. The molecule has 3 nitrogen and oxygen atoms in total. The van der Waals surface area contributed by atoms with Crippen LogP contribution in [0.2, 0.25) is 10.0 Å². The van der Waals surface area contributed by atoms with E-state index in [-0.39, 0.29) is 5.84 Å². The van der Waals surface area contributed by atoms with Gasteiger partial charge in [-0.15, -0.1) is 0 Å². The zero-order valence-electron chi connectivity index (χ0n) is 9.77. The second-order valence-electron chi connectivity index (χ2n) is 4.35. The molecule has 0 aliphatic carbocycles. The molecule has 1 heterocycles. The van der Waals surface area contributed by atoms with E-state index in [0.29, 0.717) is 26.9 Å². The van der Waals surface area contributed by atoms with Gasteiger partial charge in [0.15, 0.2) is 5.60 Å². The highest BCUT2D eigenvalue weighted by atomic mass is 35.5. The van der Waals surface area contributed by atoms with Gasteiger partial charge in [0, 0.05) is 21.2 Å². The first kappa shape index (κ1) is 12.5. The van der Waals surface area contributed by atoms with Gasteiger partial charge in [-0.05, 0) is 24.3 Å². The number of rotatable bonds is 1. The molecular weight excluding hydrogens is 283 g/mol. The maximum Gasteiger partial charge on any atom is 0.176 e. The molecule has 0 radical (unpaired) electrons. The lowest BCUT2D eigenvalue weighted by atomic mass is 9.86. The Morgan fingerprint density at radius 1 is 1.05 bits per heavy atom. The van der Waals surface area contributed by atoms with Crippen molar-refractivity contribution in [3.8, 4) is 0 Å². The molecule has 0 saturated carbocycles. The minimum absolute atomic E-state index is 0.0952. The number of hydrogen-bond donors (Lipinski definition) is 2. The van der Waals surface area contributed by atoms with Crippen molar-refractivity contribution in [3.63, 3.8) is 0 Å². The SMILES string of the molecule is NC1=Nc2ccc(Cl)cc2[C@]1(O)c1ccccc1Cl. The number of hydrogen-bond acceptors (Lipinski definition) is 3. The van der Waals surface area contributed by atoms with Gasteiger partial charge in [-0.3, -0.25) is 0 Å². The molecule has 0 amide bonds. The van der Waals surface area contributed by atoms with Crippen molar-refractivity contribution in [1.82, 2.24) is 0 Å². The summed E-state index contributed by atoms with van der Waals surface area (Å²) in [6.45, 7) is 0. The van der Waals surface area contributed by atoms with Crippen LogP contribution in [0.4, 0.5) is 5.69 Å². The van der Waals surface area contributed by atoms with Crippen molar-refractivity contribution in [2.75, 3.05) is 0 Å². The first-order valence-corrected chi connectivity index (χ1v) is 6.41. The summed E-state index contributed by atoms with van der Waals surface area (Å²) in [5, 5.41) is 11.9. The Morgan fingerprint density at radius 2 is 1.79 bits per heavy atom. The number of halogens is 2. The summed E-state index contributed by atoms with van der Waals surface area (Å²) in [7, 11) is 0. The Labute approximate surface area is 120 Å². The molecule has 1 aliphatic heterocycles. The van der Waals surface area contributed by atoms with E-state index in [1.165, 1.54) is 0 Å². The van der Waals surface area contributed by atoms with Crippen molar-refractivity contribution < 1.29 is 5.11 Å². The normalized spacial score (nSPS) is 21.1. The van der Waals surface area contributed by atoms with E-state index in [1.807, 2.05) is 0 Å². The topological polar surface area (TPSA) is 58.6 Å². The number of fused-ring (bicyclic) bond motifs is 1. The van der Waals surface area contributed by atoms with Crippen molar-refractivity contribution in [2.24, 2.45) is 10.7 Å². The third-order valence-electron chi connectivity index (χ3n) is 3.22. The molecule has 1 aliphatic rings. The summed E-state index contributed by atoms with van der Waals surface area (Å²) >= 11 is 12.2. The van der Waals surface area contributed by atoms with E-state index < -0.39 is 5.60 Å². The van der Waals surface area contributed by atoms with Gasteiger partial charge in [0.05, 0.1) is 5.69 Å². The van der Waals surface area contributed by atoms with Crippen LogP contribution in [0.25, 0.3) is 0 Å². The Morgan fingerprint density at radius 3 is 2.53 bits per heavy atom. The van der Waals surface area contributed by atoms with Gasteiger partial charge in [0.2, 0.25) is 0 Å². The van der Waals surface area contributed by atoms with Crippen LogP contribution in [0.1, 0.15) is 11.1 Å². The Bertz CT molecular complexity index is 700. The van der Waals surface area contributed by atoms with Crippen molar-refractivity contribution >= 4 is 34.7 Å². The van der Waals surface area contributed by atoms with E-state index in [1.54, 1.807) is 42.5 Å². The Balaban J connectivity index is 2.29. The maximum atomic E-state index is 11.0. The average Bonchev–Trinajstić information content (AvgIpc) is 2.64. The van der Waals surface area contributed by atoms with E-state index in [2.05, 4.69) is 4.99 Å². The molecule has 3 rings (SSSR count). The predicted molar refractivity (Wildman–Crippen MR) is 77.2 cm³/mol. The molecule has 2 aromatic rings. The number of aliphatic hydroxyl groups is 1. The maximum absolute atomic E-state index is 11.0. The molecule has 0 saturated heterocycles. The molecular formula is C14H10Cl2N2O. The van der Waals surface area contributed by atoms with E-state index in [0.717, 1.165) is 0 Å². The molecule has 1 atom stereocenters.